The van der Waals surface area contributed by atoms with Crippen LogP contribution in [0.25, 0.3) is 5.69 Å². The molecule has 0 radical (unpaired) electrons. The first-order chi connectivity index (χ1) is 16.8. The van der Waals surface area contributed by atoms with Gasteiger partial charge in [0.1, 0.15) is 0 Å². The normalized spacial score (nSPS) is 11.3. The van der Waals surface area contributed by atoms with E-state index in [4.69, 9.17) is 0 Å². The summed E-state index contributed by atoms with van der Waals surface area (Å²) < 4.78 is 41.6. The Balaban J connectivity index is 1.55. The molecule has 0 unspecified atom stereocenters. The van der Waals surface area contributed by atoms with Crippen molar-refractivity contribution in [1.29, 1.82) is 0 Å². The largest absolute Gasteiger partial charge is 0.417 e. The van der Waals surface area contributed by atoms with E-state index in [9.17, 15) is 22.8 Å². The zero-order valence-corrected chi connectivity index (χ0v) is 19.0. The zero-order valence-electron chi connectivity index (χ0n) is 18.2. The second-order valence-electron chi connectivity index (χ2n) is 7.37. The number of hydrogen-bond donors (Lipinski definition) is 1. The smallest absolute Gasteiger partial charge is 0.345 e. The van der Waals surface area contributed by atoms with Crippen molar-refractivity contribution in [2.45, 2.75) is 17.9 Å². The summed E-state index contributed by atoms with van der Waals surface area (Å²) in [6.07, 6.45) is -4.66. The number of benzene rings is 3. The Bertz CT molecular complexity index is 1330. The number of amides is 1. The monoisotopic (exact) mass is 496 g/mol. The molecule has 0 saturated carbocycles. The van der Waals surface area contributed by atoms with Crippen LogP contribution in [0.1, 0.15) is 32.1 Å². The number of alkyl halides is 3. The molecule has 0 aliphatic heterocycles. The van der Waals surface area contributed by atoms with Gasteiger partial charge in [-0.1, -0.05) is 72.4 Å². The number of Topliss-reactive ketones (excluding diaryl/α,β-unsaturated/α-hetero) is 1. The van der Waals surface area contributed by atoms with Crippen molar-refractivity contribution >= 4 is 23.5 Å². The highest BCUT2D eigenvalue weighted by Crippen LogP contribution is 2.32. The van der Waals surface area contributed by atoms with Crippen LogP contribution in [0.3, 0.4) is 0 Å². The van der Waals surface area contributed by atoms with Crippen LogP contribution in [0.15, 0.2) is 90.1 Å². The van der Waals surface area contributed by atoms with Crippen LogP contribution in [0.5, 0.6) is 0 Å². The van der Waals surface area contributed by atoms with Gasteiger partial charge >= 0.3 is 6.18 Å². The first-order valence-corrected chi connectivity index (χ1v) is 11.5. The number of carbonyl (C=O) groups excluding carboxylic acids is 2. The molecule has 0 aliphatic rings. The predicted octanol–water partition coefficient (Wildman–Crippen LogP) is 5.19. The van der Waals surface area contributed by atoms with E-state index in [-0.39, 0.29) is 18.1 Å². The van der Waals surface area contributed by atoms with Gasteiger partial charge in [0.05, 0.1) is 23.4 Å². The lowest BCUT2D eigenvalue weighted by atomic mass is 10.1. The van der Waals surface area contributed by atoms with Crippen molar-refractivity contribution in [2.24, 2.45) is 0 Å². The summed E-state index contributed by atoms with van der Waals surface area (Å²) in [5.41, 5.74) is -0.236. The fourth-order valence-electron chi connectivity index (χ4n) is 3.37. The van der Waals surface area contributed by atoms with Crippen LogP contribution in [-0.2, 0) is 12.7 Å². The maximum absolute atomic E-state index is 13.3. The third-order valence-electron chi connectivity index (χ3n) is 5.03. The van der Waals surface area contributed by atoms with E-state index in [2.05, 4.69) is 15.5 Å². The molecule has 0 aliphatic carbocycles. The average molecular weight is 497 g/mol. The van der Waals surface area contributed by atoms with Gasteiger partial charge in [0, 0.05) is 11.3 Å². The molecular formula is C25H19F3N4O2S. The summed E-state index contributed by atoms with van der Waals surface area (Å²) >= 11 is 1.18. The Morgan fingerprint density at radius 3 is 2.17 bits per heavy atom. The van der Waals surface area contributed by atoms with Gasteiger partial charge in [-0.15, -0.1) is 10.2 Å². The summed E-state index contributed by atoms with van der Waals surface area (Å²) in [6, 6.07) is 22.5. The van der Waals surface area contributed by atoms with Crippen molar-refractivity contribution in [3.63, 3.8) is 0 Å². The van der Waals surface area contributed by atoms with E-state index in [0.717, 1.165) is 12.1 Å². The van der Waals surface area contributed by atoms with E-state index in [1.54, 1.807) is 53.1 Å². The van der Waals surface area contributed by atoms with Gasteiger partial charge in [-0.2, -0.15) is 13.2 Å². The number of nitrogens with zero attached hydrogens (tertiary/aromatic N) is 3. The Kier molecular flexibility index (Phi) is 7.31. The number of halogens is 3. The van der Waals surface area contributed by atoms with E-state index >= 15 is 0 Å². The minimum absolute atomic E-state index is 0.0863. The van der Waals surface area contributed by atoms with Crippen LogP contribution in [0.4, 0.5) is 13.2 Å². The van der Waals surface area contributed by atoms with Crippen molar-refractivity contribution in [3.8, 4) is 5.69 Å². The number of hydrogen-bond acceptors (Lipinski definition) is 5. The molecule has 178 valence electrons. The number of para-hydroxylation sites is 1. The van der Waals surface area contributed by atoms with E-state index in [1.165, 1.54) is 23.9 Å². The second kappa shape index (κ2) is 10.6. The number of aromatic nitrogens is 3. The molecule has 10 heteroatoms. The van der Waals surface area contributed by atoms with Crippen LogP contribution in [-0.4, -0.2) is 32.2 Å². The summed E-state index contributed by atoms with van der Waals surface area (Å²) in [6.45, 7) is -0.167. The van der Waals surface area contributed by atoms with Crippen molar-refractivity contribution < 1.29 is 22.8 Å². The predicted molar refractivity (Wildman–Crippen MR) is 125 cm³/mol. The zero-order chi connectivity index (χ0) is 24.8. The van der Waals surface area contributed by atoms with E-state index < -0.39 is 23.2 Å². The fourth-order valence-corrected chi connectivity index (χ4v) is 4.23. The molecule has 1 amide bonds. The van der Waals surface area contributed by atoms with Gasteiger partial charge in [0.2, 0.25) is 0 Å². The molecule has 0 saturated heterocycles. The van der Waals surface area contributed by atoms with Crippen molar-refractivity contribution in [2.75, 3.05) is 5.75 Å². The third kappa shape index (κ3) is 5.78. The topological polar surface area (TPSA) is 76.9 Å². The van der Waals surface area contributed by atoms with Gasteiger partial charge in [-0.3, -0.25) is 14.2 Å². The van der Waals surface area contributed by atoms with Crippen LogP contribution in [0, 0.1) is 0 Å². The molecule has 1 heterocycles. The molecule has 1 aromatic heterocycles. The van der Waals surface area contributed by atoms with Gasteiger partial charge in [0.25, 0.3) is 5.91 Å². The van der Waals surface area contributed by atoms with Crippen LogP contribution >= 0.6 is 11.8 Å². The number of carbonyl (C=O) groups is 2. The molecule has 35 heavy (non-hydrogen) atoms. The number of thioether (sulfide) groups is 1. The van der Waals surface area contributed by atoms with Gasteiger partial charge in [-0.05, 0) is 24.3 Å². The van der Waals surface area contributed by atoms with Gasteiger partial charge < -0.3 is 5.32 Å². The lowest BCUT2D eigenvalue weighted by Crippen LogP contribution is -2.27. The Morgan fingerprint density at radius 2 is 1.49 bits per heavy atom. The summed E-state index contributed by atoms with van der Waals surface area (Å²) in [5.74, 6) is -0.546. The Hall–Kier alpha value is -3.92. The maximum atomic E-state index is 13.3. The van der Waals surface area contributed by atoms with Gasteiger partial charge in [0.15, 0.2) is 16.8 Å². The number of rotatable bonds is 8. The van der Waals surface area contributed by atoms with Gasteiger partial charge in [-0.25, -0.2) is 0 Å². The van der Waals surface area contributed by atoms with Crippen molar-refractivity contribution in [3.05, 3.63) is 107 Å². The lowest BCUT2D eigenvalue weighted by molar-refractivity contribution is -0.137. The molecule has 0 spiro atoms. The highest BCUT2D eigenvalue weighted by Gasteiger charge is 2.34. The highest BCUT2D eigenvalue weighted by atomic mass is 32.2. The SMILES string of the molecule is O=C(CSc1nnc(CNC(=O)c2ccccc2C(F)(F)F)n1-c1ccccc1)c1ccccc1. The van der Waals surface area contributed by atoms with Crippen molar-refractivity contribution in [1.82, 2.24) is 20.1 Å². The fraction of sp³-hybridized carbons (Fsp3) is 0.120. The second-order valence-corrected chi connectivity index (χ2v) is 8.32. The summed E-state index contributed by atoms with van der Waals surface area (Å²) in [4.78, 5) is 25.1. The average Bonchev–Trinajstić information content (AvgIpc) is 3.29. The first kappa shape index (κ1) is 24.2. The molecule has 0 atom stereocenters. The minimum Gasteiger partial charge on any atom is -0.345 e. The molecule has 1 N–H and O–H groups in total. The lowest BCUT2D eigenvalue weighted by Gasteiger charge is -2.13. The minimum atomic E-state index is -4.66. The molecule has 0 bridgehead atoms. The molecule has 6 nitrogen and oxygen atoms in total. The number of ketones is 1. The highest BCUT2D eigenvalue weighted by molar-refractivity contribution is 7.99. The van der Waals surface area contributed by atoms with E-state index in [0.29, 0.717) is 22.2 Å². The Morgan fingerprint density at radius 1 is 0.857 bits per heavy atom. The summed E-state index contributed by atoms with van der Waals surface area (Å²) in [7, 11) is 0. The van der Waals surface area contributed by atoms with Crippen LogP contribution < -0.4 is 5.32 Å². The third-order valence-corrected chi connectivity index (χ3v) is 5.96. The van der Waals surface area contributed by atoms with E-state index in [1.807, 2.05) is 12.1 Å². The quantitative estimate of drug-likeness (QED) is 0.268. The number of nitrogens with one attached hydrogen (secondary N) is 1. The standard InChI is InChI=1S/C25H19F3N4O2S/c26-25(27,28)20-14-8-7-13-19(20)23(34)29-15-22-30-31-24(32(22)18-11-5-2-6-12-18)35-16-21(33)17-9-3-1-4-10-17/h1-14H,15-16H2,(H,29,34). The molecule has 4 aromatic rings. The Labute approximate surface area is 203 Å². The molecule has 4 rings (SSSR count). The maximum Gasteiger partial charge on any atom is 0.417 e. The molecule has 3 aromatic carbocycles. The molecule has 0 fully saturated rings. The van der Waals surface area contributed by atoms with Crippen LogP contribution in [0.2, 0.25) is 0 Å². The summed E-state index contributed by atoms with van der Waals surface area (Å²) in [5, 5.41) is 11.2. The first-order valence-electron chi connectivity index (χ1n) is 10.5. The molecular weight excluding hydrogens is 477 g/mol.